The highest BCUT2D eigenvalue weighted by molar-refractivity contribution is 5.68. The van der Waals surface area contributed by atoms with E-state index in [-0.39, 0.29) is 13.1 Å². The number of hydrogen-bond donors (Lipinski definition) is 1. The number of ether oxygens (including phenoxy) is 1. The molecule has 0 saturated carbocycles. The van der Waals surface area contributed by atoms with Gasteiger partial charge in [0.25, 0.3) is 6.43 Å². The normalized spacial score (nSPS) is 20.9. The number of nitrogens with zero attached hydrogens (tertiary/aromatic N) is 1. The molecule has 1 atom stereocenters. The van der Waals surface area contributed by atoms with Gasteiger partial charge in [0.2, 0.25) is 6.30 Å². The van der Waals surface area contributed by atoms with Crippen LogP contribution in [0, 0.1) is 0 Å². The fourth-order valence-electron chi connectivity index (χ4n) is 1.12. The van der Waals surface area contributed by atoms with E-state index in [1.807, 2.05) is 0 Å². The summed E-state index contributed by atoms with van der Waals surface area (Å²) in [6, 6.07) is 0. The molecule has 0 spiro atoms. The molecule has 0 aromatic heterocycles. The van der Waals surface area contributed by atoms with E-state index in [1.54, 1.807) is 0 Å². The predicted molar refractivity (Wildman–Crippen MR) is 39.8 cm³/mol. The second-order valence-corrected chi connectivity index (χ2v) is 2.99. The predicted octanol–water partition coefficient (Wildman–Crippen LogP) is 0.333. The number of carbonyl (C=O) groups is 1. The number of hydrogen-bond acceptors (Lipinski definition) is 3. The largest absolute Gasteiger partial charge is 0.480 e. The van der Waals surface area contributed by atoms with Crippen molar-refractivity contribution >= 4 is 5.97 Å². The molecule has 14 heavy (non-hydrogen) atoms. The highest BCUT2D eigenvalue weighted by Crippen LogP contribution is 2.20. The standard InChI is InChI=1S/C7H10F3NO3/c8-6(9)7(10)11-1-4(2-11)14-3-5(12)13/h4,6-7H,1-3H2,(H,12,13). The van der Waals surface area contributed by atoms with E-state index in [0.29, 0.717) is 0 Å². The van der Waals surface area contributed by atoms with Crippen molar-refractivity contribution < 1.29 is 27.8 Å². The second kappa shape index (κ2) is 4.61. The molecule has 4 nitrogen and oxygen atoms in total. The Bertz CT molecular complexity index is 208. The van der Waals surface area contributed by atoms with E-state index >= 15 is 0 Å². The Labute approximate surface area is 78.2 Å². The van der Waals surface area contributed by atoms with Gasteiger partial charge in [0.15, 0.2) is 0 Å². The summed E-state index contributed by atoms with van der Waals surface area (Å²) in [5.74, 6) is -1.13. The lowest BCUT2D eigenvalue weighted by Gasteiger charge is -2.39. The van der Waals surface area contributed by atoms with Crippen molar-refractivity contribution in [1.29, 1.82) is 0 Å². The molecule has 0 bridgehead atoms. The van der Waals surface area contributed by atoms with Gasteiger partial charge in [-0.2, -0.15) is 0 Å². The minimum atomic E-state index is -3.03. The van der Waals surface area contributed by atoms with Crippen LogP contribution in [-0.2, 0) is 9.53 Å². The Morgan fingerprint density at radius 1 is 1.50 bits per heavy atom. The highest BCUT2D eigenvalue weighted by Gasteiger charge is 2.37. The van der Waals surface area contributed by atoms with Gasteiger partial charge in [-0.25, -0.2) is 18.0 Å². The third kappa shape index (κ3) is 2.85. The third-order valence-corrected chi connectivity index (χ3v) is 1.88. The number of halogens is 3. The van der Waals surface area contributed by atoms with Crippen LogP contribution in [0.1, 0.15) is 0 Å². The fourth-order valence-corrected chi connectivity index (χ4v) is 1.12. The average molecular weight is 213 g/mol. The minimum absolute atomic E-state index is 0.0127. The Hall–Kier alpha value is -0.820. The first-order valence-electron chi connectivity index (χ1n) is 4.00. The first-order valence-corrected chi connectivity index (χ1v) is 4.00. The summed E-state index contributed by atoms with van der Waals surface area (Å²) in [7, 11) is 0. The van der Waals surface area contributed by atoms with E-state index in [2.05, 4.69) is 0 Å². The van der Waals surface area contributed by atoms with Crippen LogP contribution in [0.3, 0.4) is 0 Å². The zero-order valence-corrected chi connectivity index (χ0v) is 7.20. The number of carboxylic acids is 1. The molecule has 82 valence electrons. The van der Waals surface area contributed by atoms with E-state index in [4.69, 9.17) is 9.84 Å². The quantitative estimate of drug-likeness (QED) is 0.669. The Morgan fingerprint density at radius 3 is 2.50 bits per heavy atom. The van der Waals surface area contributed by atoms with Crippen molar-refractivity contribution in [3.05, 3.63) is 0 Å². The molecule has 0 aromatic carbocycles. The maximum atomic E-state index is 12.5. The molecule has 1 N–H and O–H groups in total. The van der Waals surface area contributed by atoms with Crippen LogP contribution < -0.4 is 0 Å². The summed E-state index contributed by atoms with van der Waals surface area (Å²) in [6.45, 7) is -0.457. The summed E-state index contributed by atoms with van der Waals surface area (Å²) in [5.41, 5.74) is 0. The molecule has 1 saturated heterocycles. The van der Waals surface area contributed by atoms with Gasteiger partial charge in [0.1, 0.15) is 6.61 Å². The van der Waals surface area contributed by atoms with Gasteiger partial charge in [-0.05, 0) is 0 Å². The topological polar surface area (TPSA) is 49.8 Å². The van der Waals surface area contributed by atoms with Crippen LogP contribution in [0.5, 0.6) is 0 Å². The monoisotopic (exact) mass is 213 g/mol. The van der Waals surface area contributed by atoms with Crippen LogP contribution >= 0.6 is 0 Å². The van der Waals surface area contributed by atoms with Gasteiger partial charge in [0.05, 0.1) is 6.10 Å². The van der Waals surface area contributed by atoms with E-state index in [9.17, 15) is 18.0 Å². The van der Waals surface area contributed by atoms with Crippen LogP contribution in [0.4, 0.5) is 13.2 Å². The molecule has 0 aromatic rings. The summed E-state index contributed by atoms with van der Waals surface area (Å²) >= 11 is 0. The van der Waals surface area contributed by atoms with Crippen molar-refractivity contribution in [2.75, 3.05) is 19.7 Å². The molecule has 1 rings (SSSR count). The van der Waals surface area contributed by atoms with Crippen molar-refractivity contribution in [3.63, 3.8) is 0 Å². The lowest BCUT2D eigenvalue weighted by molar-refractivity contribution is -0.159. The van der Waals surface area contributed by atoms with Crippen molar-refractivity contribution in [2.45, 2.75) is 18.8 Å². The summed E-state index contributed by atoms with van der Waals surface area (Å²) < 4.78 is 40.9. The number of rotatable bonds is 5. The summed E-state index contributed by atoms with van der Waals surface area (Å²) in [4.78, 5) is 10.9. The Balaban J connectivity index is 2.14. The van der Waals surface area contributed by atoms with Gasteiger partial charge in [-0.3, -0.25) is 4.90 Å². The fraction of sp³-hybridized carbons (Fsp3) is 0.857. The maximum absolute atomic E-state index is 12.5. The van der Waals surface area contributed by atoms with Gasteiger partial charge in [-0.15, -0.1) is 0 Å². The lowest BCUT2D eigenvalue weighted by atomic mass is 10.1. The number of carboxylic acid groups (broad SMARTS) is 1. The van der Waals surface area contributed by atoms with Crippen molar-refractivity contribution in [2.24, 2.45) is 0 Å². The summed E-state index contributed by atoms with van der Waals surface area (Å²) in [5, 5.41) is 8.21. The van der Waals surface area contributed by atoms with E-state index in [1.165, 1.54) is 0 Å². The van der Waals surface area contributed by atoms with Crippen LogP contribution in [0.2, 0.25) is 0 Å². The summed E-state index contributed by atoms with van der Waals surface area (Å²) in [6.07, 6.45) is -5.77. The molecule has 0 amide bonds. The van der Waals surface area contributed by atoms with Crippen molar-refractivity contribution in [3.8, 4) is 0 Å². The zero-order valence-electron chi connectivity index (χ0n) is 7.20. The average Bonchev–Trinajstić information content (AvgIpc) is 2.00. The number of alkyl halides is 3. The highest BCUT2D eigenvalue weighted by atomic mass is 19.3. The van der Waals surface area contributed by atoms with Gasteiger partial charge in [-0.1, -0.05) is 0 Å². The second-order valence-electron chi connectivity index (χ2n) is 2.99. The molecule has 1 aliphatic rings. The van der Waals surface area contributed by atoms with Gasteiger partial charge < -0.3 is 9.84 Å². The lowest BCUT2D eigenvalue weighted by Crippen LogP contribution is -2.57. The van der Waals surface area contributed by atoms with E-state index < -0.39 is 31.4 Å². The molecule has 1 heterocycles. The molecule has 1 aliphatic heterocycles. The maximum Gasteiger partial charge on any atom is 0.329 e. The van der Waals surface area contributed by atoms with Crippen LogP contribution in [0.15, 0.2) is 0 Å². The third-order valence-electron chi connectivity index (χ3n) is 1.88. The van der Waals surface area contributed by atoms with Crippen LogP contribution in [-0.4, -0.2) is 54.5 Å². The van der Waals surface area contributed by atoms with Crippen molar-refractivity contribution in [1.82, 2.24) is 4.90 Å². The Morgan fingerprint density at radius 2 is 2.07 bits per heavy atom. The van der Waals surface area contributed by atoms with E-state index in [0.717, 1.165) is 4.90 Å². The molecular formula is C7H10F3NO3. The number of likely N-dealkylation sites (tertiary alicyclic amines) is 1. The molecule has 0 aliphatic carbocycles. The molecule has 7 heteroatoms. The minimum Gasteiger partial charge on any atom is -0.480 e. The zero-order chi connectivity index (χ0) is 10.7. The molecular weight excluding hydrogens is 203 g/mol. The number of aliphatic carboxylic acids is 1. The molecule has 1 fully saturated rings. The Kier molecular flexibility index (Phi) is 3.70. The van der Waals surface area contributed by atoms with Gasteiger partial charge in [0, 0.05) is 13.1 Å². The van der Waals surface area contributed by atoms with Crippen LogP contribution in [0.25, 0.3) is 0 Å². The smallest absolute Gasteiger partial charge is 0.329 e. The first kappa shape index (κ1) is 11.3. The van der Waals surface area contributed by atoms with Gasteiger partial charge >= 0.3 is 5.97 Å². The first-order chi connectivity index (χ1) is 6.50. The molecule has 1 unspecified atom stereocenters. The SMILES string of the molecule is O=C(O)COC1CN(C(F)C(F)F)C1. The molecule has 0 radical (unpaired) electrons.